The Balaban J connectivity index is 1.20. The number of piperidine rings is 1. The number of carbonyl (C=O) groups is 2. The van der Waals surface area contributed by atoms with Crippen molar-refractivity contribution >= 4 is 33.4 Å². The molecule has 1 saturated heterocycles. The van der Waals surface area contributed by atoms with E-state index in [0.29, 0.717) is 30.2 Å². The van der Waals surface area contributed by atoms with Crippen molar-refractivity contribution in [1.29, 1.82) is 0 Å². The number of thiazole rings is 1. The van der Waals surface area contributed by atoms with Crippen molar-refractivity contribution in [3.63, 3.8) is 0 Å². The molecule has 0 saturated carbocycles. The molecule has 1 aliphatic heterocycles. The first-order valence-corrected chi connectivity index (χ1v) is 11.1. The Morgan fingerprint density at radius 1 is 0.968 bits per heavy atom. The van der Waals surface area contributed by atoms with Gasteiger partial charge in [-0.2, -0.15) is 0 Å². The van der Waals surface area contributed by atoms with Crippen LogP contribution >= 0.6 is 11.3 Å². The first-order valence-electron chi connectivity index (χ1n) is 10.3. The second-order valence-corrected chi connectivity index (χ2v) is 8.59. The minimum Gasteiger partial charge on any atom is -0.448 e. The van der Waals surface area contributed by atoms with Gasteiger partial charge in [-0.3, -0.25) is 9.59 Å². The third-order valence-corrected chi connectivity index (χ3v) is 6.53. The molecule has 31 heavy (non-hydrogen) atoms. The van der Waals surface area contributed by atoms with Crippen molar-refractivity contribution in [3.8, 4) is 10.8 Å². The smallest absolute Gasteiger partial charge is 0.289 e. The number of rotatable bonds is 4. The number of hydrogen-bond donors (Lipinski definition) is 1. The van der Waals surface area contributed by atoms with E-state index < -0.39 is 0 Å². The summed E-state index contributed by atoms with van der Waals surface area (Å²) in [6, 6.07) is 20.7. The lowest BCUT2D eigenvalue weighted by molar-refractivity contribution is 0.0668. The predicted molar refractivity (Wildman–Crippen MR) is 120 cm³/mol. The first-order chi connectivity index (χ1) is 15.2. The van der Waals surface area contributed by atoms with Gasteiger partial charge in [0.1, 0.15) is 0 Å². The fraction of sp³-hybridized carbons (Fsp3) is 0.208. The van der Waals surface area contributed by atoms with Crippen molar-refractivity contribution in [2.45, 2.75) is 18.9 Å². The van der Waals surface area contributed by atoms with Gasteiger partial charge in [-0.1, -0.05) is 30.3 Å². The van der Waals surface area contributed by atoms with Gasteiger partial charge in [-0.05, 0) is 49.2 Å². The molecule has 6 nitrogen and oxygen atoms in total. The molecule has 2 aromatic carbocycles. The third kappa shape index (κ3) is 4.09. The van der Waals surface area contributed by atoms with Crippen LogP contribution in [0, 0.1) is 0 Å². The number of nitrogens with zero attached hydrogens (tertiary/aromatic N) is 2. The lowest BCUT2D eigenvalue weighted by Gasteiger charge is -2.31. The zero-order valence-electron chi connectivity index (χ0n) is 16.8. The van der Waals surface area contributed by atoms with E-state index in [2.05, 4.69) is 10.3 Å². The van der Waals surface area contributed by atoms with Gasteiger partial charge in [0.25, 0.3) is 11.8 Å². The van der Waals surface area contributed by atoms with E-state index in [-0.39, 0.29) is 17.9 Å². The van der Waals surface area contributed by atoms with Crippen LogP contribution in [0.3, 0.4) is 0 Å². The fourth-order valence-electron chi connectivity index (χ4n) is 3.79. The van der Waals surface area contributed by atoms with Crippen molar-refractivity contribution < 1.29 is 14.0 Å². The summed E-state index contributed by atoms with van der Waals surface area (Å²) in [5.74, 6) is 0.729. The molecule has 0 atom stereocenters. The average molecular weight is 432 g/mol. The molecule has 5 rings (SSSR count). The van der Waals surface area contributed by atoms with E-state index in [1.165, 1.54) is 0 Å². The summed E-state index contributed by atoms with van der Waals surface area (Å²) in [5.41, 5.74) is 1.57. The van der Waals surface area contributed by atoms with Crippen LogP contribution in [0.2, 0.25) is 0 Å². The molecular weight excluding hydrogens is 410 g/mol. The number of fused-ring (bicyclic) bond motifs is 1. The van der Waals surface area contributed by atoms with E-state index in [1.54, 1.807) is 40.5 Å². The van der Waals surface area contributed by atoms with Crippen LogP contribution in [0.15, 0.2) is 71.1 Å². The minimum atomic E-state index is -0.125. The summed E-state index contributed by atoms with van der Waals surface area (Å²) < 4.78 is 6.94. The molecule has 0 unspecified atom stereocenters. The highest BCUT2D eigenvalue weighted by Crippen LogP contribution is 2.31. The molecule has 1 fully saturated rings. The van der Waals surface area contributed by atoms with Crippen LogP contribution in [-0.4, -0.2) is 40.8 Å². The molecule has 1 N–H and O–H groups in total. The highest BCUT2D eigenvalue weighted by Gasteiger charge is 2.27. The number of nitrogens with one attached hydrogen (secondary N) is 1. The number of para-hydroxylation sites is 1. The third-order valence-electron chi connectivity index (χ3n) is 5.47. The van der Waals surface area contributed by atoms with E-state index in [0.717, 1.165) is 28.1 Å². The fourth-order valence-corrected chi connectivity index (χ4v) is 4.71. The summed E-state index contributed by atoms with van der Waals surface area (Å²) in [4.78, 5) is 31.6. The summed E-state index contributed by atoms with van der Waals surface area (Å²) in [5, 5.41) is 3.83. The molecule has 3 heterocycles. The van der Waals surface area contributed by atoms with E-state index in [4.69, 9.17) is 4.42 Å². The van der Waals surface area contributed by atoms with Crippen LogP contribution in [0.1, 0.15) is 33.8 Å². The van der Waals surface area contributed by atoms with Crippen molar-refractivity contribution in [2.75, 3.05) is 13.1 Å². The zero-order valence-corrected chi connectivity index (χ0v) is 17.6. The van der Waals surface area contributed by atoms with Crippen LogP contribution < -0.4 is 5.32 Å². The predicted octanol–water partition coefficient (Wildman–Crippen LogP) is 4.59. The highest BCUT2D eigenvalue weighted by molar-refractivity contribution is 7.21. The SMILES string of the molecule is O=C(NC1CCN(C(=O)c2ccc(-c3nc4ccccc4s3)o2)CC1)c1ccccc1. The van der Waals surface area contributed by atoms with Gasteiger partial charge >= 0.3 is 0 Å². The Labute approximate surface area is 183 Å². The van der Waals surface area contributed by atoms with Gasteiger partial charge in [0.15, 0.2) is 16.5 Å². The molecule has 0 bridgehead atoms. The molecule has 4 aromatic rings. The summed E-state index contributed by atoms with van der Waals surface area (Å²) in [6.45, 7) is 1.16. The van der Waals surface area contributed by atoms with Gasteiger partial charge in [0.2, 0.25) is 0 Å². The largest absolute Gasteiger partial charge is 0.448 e. The Kier molecular flexibility index (Phi) is 5.26. The maximum absolute atomic E-state index is 12.9. The van der Waals surface area contributed by atoms with Gasteiger partial charge < -0.3 is 14.6 Å². The van der Waals surface area contributed by atoms with E-state index in [1.807, 2.05) is 42.5 Å². The zero-order chi connectivity index (χ0) is 21.2. The van der Waals surface area contributed by atoms with Crippen molar-refractivity contribution in [2.24, 2.45) is 0 Å². The standard InChI is InChI=1S/C24H21N3O3S/c28-22(16-6-2-1-3-7-16)25-17-12-14-27(15-13-17)24(29)20-11-10-19(30-20)23-26-18-8-4-5-9-21(18)31-23/h1-11,17H,12-15H2,(H,25,28). The number of carbonyl (C=O) groups excluding carboxylic acids is 2. The lowest BCUT2D eigenvalue weighted by atomic mass is 10.0. The number of hydrogen-bond acceptors (Lipinski definition) is 5. The summed E-state index contributed by atoms with van der Waals surface area (Å²) in [6.07, 6.45) is 1.44. The number of amides is 2. The van der Waals surface area contributed by atoms with Crippen LogP contribution in [0.25, 0.3) is 21.0 Å². The second kappa shape index (κ2) is 8.35. The molecule has 0 aliphatic carbocycles. The summed E-state index contributed by atoms with van der Waals surface area (Å²) in [7, 11) is 0. The van der Waals surface area contributed by atoms with E-state index in [9.17, 15) is 9.59 Å². The monoisotopic (exact) mass is 431 g/mol. The number of furan rings is 1. The van der Waals surface area contributed by atoms with Crippen LogP contribution in [0.5, 0.6) is 0 Å². The highest BCUT2D eigenvalue weighted by atomic mass is 32.1. The van der Waals surface area contributed by atoms with Gasteiger partial charge in [0, 0.05) is 24.7 Å². The van der Waals surface area contributed by atoms with Gasteiger partial charge in [-0.25, -0.2) is 4.98 Å². The second-order valence-electron chi connectivity index (χ2n) is 7.56. The van der Waals surface area contributed by atoms with Crippen LogP contribution in [-0.2, 0) is 0 Å². The molecule has 156 valence electrons. The average Bonchev–Trinajstić information content (AvgIpc) is 3.47. The maximum atomic E-state index is 12.9. The topological polar surface area (TPSA) is 75.4 Å². The van der Waals surface area contributed by atoms with E-state index >= 15 is 0 Å². The lowest BCUT2D eigenvalue weighted by Crippen LogP contribution is -2.46. The molecule has 0 spiro atoms. The summed E-state index contributed by atoms with van der Waals surface area (Å²) >= 11 is 1.55. The van der Waals surface area contributed by atoms with Crippen molar-refractivity contribution in [3.05, 3.63) is 78.1 Å². The van der Waals surface area contributed by atoms with Crippen LogP contribution in [0.4, 0.5) is 0 Å². The Morgan fingerprint density at radius 2 is 1.71 bits per heavy atom. The normalized spacial score (nSPS) is 14.6. The van der Waals surface area contributed by atoms with Crippen molar-refractivity contribution in [1.82, 2.24) is 15.2 Å². The maximum Gasteiger partial charge on any atom is 0.289 e. The molecule has 0 radical (unpaired) electrons. The van der Waals surface area contributed by atoms with Gasteiger partial charge in [0.05, 0.1) is 10.2 Å². The number of aromatic nitrogens is 1. The first kappa shape index (κ1) is 19.5. The minimum absolute atomic E-state index is 0.0617. The molecular formula is C24H21N3O3S. The van der Waals surface area contributed by atoms with Gasteiger partial charge in [-0.15, -0.1) is 11.3 Å². The molecule has 2 amide bonds. The Bertz CT molecular complexity index is 1190. The quantitative estimate of drug-likeness (QED) is 0.513. The molecule has 7 heteroatoms. The Hall–Kier alpha value is -3.45. The molecule has 2 aromatic heterocycles. The Morgan fingerprint density at radius 3 is 2.48 bits per heavy atom. The molecule has 1 aliphatic rings. The number of benzene rings is 2. The number of likely N-dealkylation sites (tertiary alicyclic amines) is 1.